The van der Waals surface area contributed by atoms with Gasteiger partial charge in [-0.3, -0.25) is 0 Å². The Morgan fingerprint density at radius 3 is 2.16 bits per heavy atom. The smallest absolute Gasteiger partial charge is 0.303 e. The molecule has 2 N–H and O–H groups in total. The maximum Gasteiger partial charge on any atom is 0.303 e. The van der Waals surface area contributed by atoms with Crippen molar-refractivity contribution in [1.82, 2.24) is 4.67 Å². The summed E-state index contributed by atoms with van der Waals surface area (Å²) in [6.45, 7) is 21.1. The third-order valence-electron chi connectivity index (χ3n) is 5.29. The van der Waals surface area contributed by atoms with Gasteiger partial charge in [-0.2, -0.15) is 0 Å². The first-order valence-corrected chi connectivity index (χ1v) is 10.1. The number of allylic oxidation sites excluding steroid dienone is 1. The lowest BCUT2D eigenvalue weighted by atomic mass is 9.76. The van der Waals surface area contributed by atoms with Crippen molar-refractivity contribution in [2.45, 2.75) is 86.1 Å². The molecule has 5 unspecified atom stereocenters. The van der Waals surface area contributed by atoms with E-state index in [2.05, 4.69) is 65.2 Å². The van der Waals surface area contributed by atoms with Crippen LogP contribution in [0.15, 0.2) is 18.7 Å². The zero-order valence-electron chi connectivity index (χ0n) is 17.7. The predicted octanol–water partition coefficient (Wildman–Crippen LogP) is 5.40. The van der Waals surface area contributed by atoms with Gasteiger partial charge in [-0.1, -0.05) is 46.1 Å². The number of rotatable bonds is 13. The average Bonchev–Trinajstić information content (AvgIpc) is 2.50. The highest BCUT2D eigenvalue weighted by Crippen LogP contribution is 2.32. The molecule has 0 bridgehead atoms. The normalized spacial score (nSPS) is 17.1. The Kier molecular flexibility index (Phi) is 12.6. The molecule has 0 heterocycles. The van der Waals surface area contributed by atoms with Gasteiger partial charge in [0.1, 0.15) is 0 Å². The Hall–Kier alpha value is -1.07. The maximum atomic E-state index is 6.37. The zero-order chi connectivity index (χ0) is 19.4. The Morgan fingerprint density at radius 1 is 1.08 bits per heavy atom. The molecule has 0 spiro atoms. The summed E-state index contributed by atoms with van der Waals surface area (Å²) >= 11 is 0. The van der Waals surface area contributed by atoms with Crippen LogP contribution in [-0.2, 0) is 0 Å². The molecule has 0 radical (unpaired) electrons. The molecule has 0 saturated carbocycles. The summed E-state index contributed by atoms with van der Waals surface area (Å²) in [7, 11) is 0. The van der Waals surface area contributed by atoms with Crippen LogP contribution < -0.4 is 10.4 Å². The predicted molar refractivity (Wildman–Crippen MR) is 115 cm³/mol. The molecule has 2 nitrogen and oxygen atoms in total. The SMILES string of the molecule is C=C=[N+]=CC(C)CCC(CCC(C)C)CC(C(C)N)C(C)CC(=C)C. The second-order valence-electron chi connectivity index (χ2n) is 8.73. The fourth-order valence-electron chi connectivity index (χ4n) is 3.75. The molecule has 2 heteroatoms. The van der Waals surface area contributed by atoms with Crippen molar-refractivity contribution in [3.8, 4) is 0 Å². The molecule has 0 aromatic rings. The van der Waals surface area contributed by atoms with Crippen LogP contribution >= 0.6 is 0 Å². The molecule has 0 aromatic carbocycles. The molecule has 0 aromatic heterocycles. The highest BCUT2D eigenvalue weighted by atomic mass is 14.6. The average molecular weight is 348 g/mol. The first kappa shape index (κ1) is 23.9. The van der Waals surface area contributed by atoms with Gasteiger partial charge in [0.15, 0.2) is 0 Å². The van der Waals surface area contributed by atoms with Crippen LogP contribution in [0, 0.1) is 29.6 Å². The van der Waals surface area contributed by atoms with Gasteiger partial charge in [-0.15, -0.1) is 6.58 Å². The number of nitrogens with two attached hydrogens (primary N) is 1. The molecule has 0 aliphatic carbocycles. The Morgan fingerprint density at radius 2 is 1.68 bits per heavy atom. The summed E-state index contributed by atoms with van der Waals surface area (Å²) in [6, 6.07) is 0.241. The Balaban J connectivity index is 4.93. The van der Waals surface area contributed by atoms with Crippen molar-refractivity contribution < 1.29 is 0 Å². The molecule has 0 aliphatic heterocycles. The lowest BCUT2D eigenvalue weighted by Crippen LogP contribution is -2.33. The summed E-state index contributed by atoms with van der Waals surface area (Å²) in [6.07, 6.45) is 9.32. The monoisotopic (exact) mass is 347 g/mol. The third kappa shape index (κ3) is 12.0. The molecule has 0 rings (SSSR count). The van der Waals surface area contributed by atoms with E-state index in [1.165, 1.54) is 37.7 Å². The van der Waals surface area contributed by atoms with Crippen LogP contribution in [0.3, 0.4) is 0 Å². The molecule has 0 amide bonds. The summed E-state index contributed by atoms with van der Waals surface area (Å²) in [5.41, 5.74) is 7.64. The molecular formula is C23H43N2+. The van der Waals surface area contributed by atoms with Gasteiger partial charge in [-0.25, -0.2) is 0 Å². The van der Waals surface area contributed by atoms with E-state index in [1.54, 1.807) is 0 Å². The van der Waals surface area contributed by atoms with Crippen LogP contribution in [-0.4, -0.2) is 18.1 Å². The fourth-order valence-corrected chi connectivity index (χ4v) is 3.75. The third-order valence-corrected chi connectivity index (χ3v) is 5.29. The summed E-state index contributed by atoms with van der Waals surface area (Å²) in [4.78, 5) is 0. The second-order valence-corrected chi connectivity index (χ2v) is 8.73. The summed E-state index contributed by atoms with van der Waals surface area (Å²) in [5, 5.41) is 0. The molecule has 144 valence electrons. The minimum atomic E-state index is 0.241. The standard InChI is InChI=1S/C23H43N2/c1-9-25-16-19(6)11-13-22(12-10-17(2)3)15-23(21(8)24)20(7)14-18(4)5/h16-17,19-23H,1,4,10-15,24H2,2-3,5-8H3/q+1. The van der Waals surface area contributed by atoms with Crippen LogP contribution in [0.1, 0.15) is 80.1 Å². The highest BCUT2D eigenvalue weighted by Gasteiger charge is 2.25. The largest absolute Gasteiger partial charge is 0.328 e. The lowest BCUT2D eigenvalue weighted by molar-refractivity contribution is 0.222. The zero-order valence-corrected chi connectivity index (χ0v) is 17.7. The second kappa shape index (κ2) is 13.2. The molecule has 0 fully saturated rings. The van der Waals surface area contributed by atoms with E-state index in [-0.39, 0.29) is 6.04 Å². The summed E-state index contributed by atoms with van der Waals surface area (Å²) < 4.78 is 4.06. The van der Waals surface area contributed by atoms with Gasteiger partial charge in [-0.05, 0) is 67.9 Å². The van der Waals surface area contributed by atoms with E-state index in [0.717, 1.165) is 18.3 Å². The minimum absolute atomic E-state index is 0.241. The van der Waals surface area contributed by atoms with E-state index < -0.39 is 0 Å². The van der Waals surface area contributed by atoms with Gasteiger partial charge in [0.25, 0.3) is 6.21 Å². The van der Waals surface area contributed by atoms with E-state index in [9.17, 15) is 0 Å². The van der Waals surface area contributed by atoms with Crippen molar-refractivity contribution >= 4 is 12.1 Å². The number of nitrogens with zero attached hydrogens (tertiary/aromatic N) is 1. The van der Waals surface area contributed by atoms with E-state index >= 15 is 0 Å². The van der Waals surface area contributed by atoms with Gasteiger partial charge >= 0.3 is 5.87 Å². The van der Waals surface area contributed by atoms with Crippen LogP contribution in [0.4, 0.5) is 0 Å². The first-order chi connectivity index (χ1) is 11.7. The summed E-state index contributed by atoms with van der Waals surface area (Å²) in [5.74, 6) is 5.77. The molecular weight excluding hydrogens is 304 g/mol. The van der Waals surface area contributed by atoms with E-state index in [0.29, 0.717) is 17.8 Å². The molecule has 0 saturated heterocycles. The van der Waals surface area contributed by atoms with E-state index in [1.807, 2.05) is 6.21 Å². The fraction of sp³-hybridized carbons (Fsp3) is 0.783. The molecule has 25 heavy (non-hydrogen) atoms. The van der Waals surface area contributed by atoms with Crippen molar-refractivity contribution in [3.63, 3.8) is 0 Å². The van der Waals surface area contributed by atoms with Crippen LogP contribution in [0.5, 0.6) is 0 Å². The minimum Gasteiger partial charge on any atom is -0.328 e. The van der Waals surface area contributed by atoms with Crippen molar-refractivity contribution in [2.75, 3.05) is 0 Å². The van der Waals surface area contributed by atoms with Gasteiger partial charge in [0.05, 0.1) is 5.92 Å². The van der Waals surface area contributed by atoms with Crippen LogP contribution in [0.2, 0.25) is 0 Å². The Bertz CT molecular complexity index is 451. The number of hydrogen-bond donors (Lipinski definition) is 1. The first-order valence-electron chi connectivity index (χ1n) is 10.1. The number of hydrogen-bond acceptors (Lipinski definition) is 1. The van der Waals surface area contributed by atoms with Crippen LogP contribution in [0.25, 0.3) is 0 Å². The topological polar surface area (TPSA) is 40.1 Å². The molecule has 5 atom stereocenters. The van der Waals surface area contributed by atoms with Crippen molar-refractivity contribution in [3.05, 3.63) is 18.7 Å². The quantitative estimate of drug-likeness (QED) is 0.270. The van der Waals surface area contributed by atoms with Gasteiger partial charge in [0.2, 0.25) is 0 Å². The van der Waals surface area contributed by atoms with Gasteiger partial charge in [0, 0.05) is 12.6 Å². The van der Waals surface area contributed by atoms with Crippen molar-refractivity contribution in [1.29, 1.82) is 0 Å². The highest BCUT2D eigenvalue weighted by molar-refractivity contribution is 5.63. The lowest BCUT2D eigenvalue weighted by Gasteiger charge is -2.32. The Labute approximate surface area is 157 Å². The van der Waals surface area contributed by atoms with Gasteiger partial charge < -0.3 is 5.73 Å². The molecule has 0 aliphatic rings. The van der Waals surface area contributed by atoms with Crippen molar-refractivity contribution in [2.24, 2.45) is 35.3 Å². The maximum absolute atomic E-state index is 6.37. The van der Waals surface area contributed by atoms with E-state index in [4.69, 9.17) is 5.73 Å².